The maximum atomic E-state index is 12.5. The second-order valence-corrected chi connectivity index (χ2v) is 12.2. The van der Waals surface area contributed by atoms with Crippen molar-refractivity contribution in [3.63, 3.8) is 0 Å². The summed E-state index contributed by atoms with van der Waals surface area (Å²) in [5.41, 5.74) is 7.01. The van der Waals surface area contributed by atoms with Crippen molar-refractivity contribution in [2.75, 3.05) is 25.5 Å². The predicted molar refractivity (Wildman–Crippen MR) is 152 cm³/mol. The molecule has 3 aliphatic rings. The van der Waals surface area contributed by atoms with Crippen LogP contribution < -0.4 is 20.1 Å². The zero-order valence-electron chi connectivity index (χ0n) is 24.1. The monoisotopic (exact) mass is 528 g/mol. The maximum absolute atomic E-state index is 12.5. The summed E-state index contributed by atoms with van der Waals surface area (Å²) in [6.07, 6.45) is 5.42. The Balaban J connectivity index is 1.51. The molecule has 7 heteroatoms. The average Bonchev–Trinajstić information content (AvgIpc) is 3.17. The van der Waals surface area contributed by atoms with Crippen LogP contribution in [-0.2, 0) is 24.6 Å². The zero-order chi connectivity index (χ0) is 28.3. The Morgan fingerprint density at radius 3 is 2.38 bits per heavy atom. The van der Waals surface area contributed by atoms with E-state index in [2.05, 4.69) is 101 Å². The normalized spacial score (nSPS) is 18.6. The van der Waals surface area contributed by atoms with Gasteiger partial charge in [-0.2, -0.15) is 0 Å². The molecule has 39 heavy (non-hydrogen) atoms. The molecule has 5 rings (SSSR count). The van der Waals surface area contributed by atoms with Gasteiger partial charge in [-0.3, -0.25) is 9.59 Å². The SMILES string of the molecule is CC1=CC(C)(C)[N+](CCCC(=O)ON2C(=O)CCC2=O)=c2cc3c(cc21)=Cc1ccc(N(C)C)cc1C3(C)C. The number of anilines is 1. The van der Waals surface area contributed by atoms with E-state index >= 15 is 0 Å². The van der Waals surface area contributed by atoms with E-state index in [9.17, 15) is 14.4 Å². The molecule has 0 bridgehead atoms. The van der Waals surface area contributed by atoms with Crippen LogP contribution in [-0.4, -0.2) is 49.0 Å². The van der Waals surface area contributed by atoms with Crippen molar-refractivity contribution in [1.82, 2.24) is 9.64 Å². The van der Waals surface area contributed by atoms with Gasteiger partial charge in [0.2, 0.25) is 5.36 Å². The van der Waals surface area contributed by atoms with Crippen LogP contribution in [0.4, 0.5) is 5.69 Å². The first-order chi connectivity index (χ1) is 18.3. The molecular formula is C32H38N3O4+. The zero-order valence-corrected chi connectivity index (χ0v) is 24.1. The van der Waals surface area contributed by atoms with Crippen molar-refractivity contribution in [2.24, 2.45) is 0 Å². The number of carbonyl (C=O) groups is 3. The van der Waals surface area contributed by atoms with E-state index in [0.717, 1.165) is 5.36 Å². The number of benzene rings is 2. The van der Waals surface area contributed by atoms with Crippen molar-refractivity contribution < 1.29 is 19.2 Å². The maximum Gasteiger partial charge on any atom is 0.333 e. The third-order valence-corrected chi connectivity index (χ3v) is 8.32. The molecule has 0 saturated carbocycles. The summed E-state index contributed by atoms with van der Waals surface area (Å²) in [5.74, 6) is -1.47. The Morgan fingerprint density at radius 1 is 1.03 bits per heavy atom. The first-order valence-corrected chi connectivity index (χ1v) is 13.7. The Hall–Kier alpha value is -3.74. The van der Waals surface area contributed by atoms with E-state index in [4.69, 9.17) is 4.84 Å². The van der Waals surface area contributed by atoms with Gasteiger partial charge in [-0.25, -0.2) is 9.37 Å². The van der Waals surface area contributed by atoms with Gasteiger partial charge >= 0.3 is 5.97 Å². The first-order valence-electron chi connectivity index (χ1n) is 13.7. The third kappa shape index (κ3) is 4.68. The molecule has 2 aromatic rings. The fourth-order valence-electron chi connectivity index (χ4n) is 6.20. The molecule has 0 atom stereocenters. The lowest BCUT2D eigenvalue weighted by atomic mass is 9.71. The highest BCUT2D eigenvalue weighted by molar-refractivity contribution is 6.01. The second-order valence-electron chi connectivity index (χ2n) is 12.2. The number of nitrogens with zero attached hydrogens (tertiary/aromatic N) is 3. The average molecular weight is 529 g/mol. The standard InChI is InChI=1S/C32H38N3O4/c1-20-19-31(2,3)34(14-8-9-30(38)39-35-28(36)12-13-29(35)37)27-18-26-22(16-24(20)27)15-21-10-11-23(33(6)7)17-25(21)32(26,4)5/h10-11,15-19H,8-9,12-14H2,1-7H3/q+1. The molecular weight excluding hydrogens is 490 g/mol. The van der Waals surface area contributed by atoms with Gasteiger partial charge in [0.1, 0.15) is 6.54 Å². The molecule has 0 unspecified atom stereocenters. The second kappa shape index (κ2) is 9.47. The topological polar surface area (TPSA) is 69.9 Å². The molecule has 0 radical (unpaired) electrons. The molecule has 0 spiro atoms. The fourth-order valence-corrected chi connectivity index (χ4v) is 6.20. The van der Waals surface area contributed by atoms with Gasteiger partial charge in [0.25, 0.3) is 11.8 Å². The molecule has 0 aromatic heterocycles. The number of allylic oxidation sites excluding steroid dienone is 1. The van der Waals surface area contributed by atoms with Crippen molar-refractivity contribution >= 4 is 35.1 Å². The lowest BCUT2D eigenvalue weighted by Crippen LogP contribution is -2.50. The van der Waals surface area contributed by atoms with Gasteiger partial charge in [-0.1, -0.05) is 19.9 Å². The number of hydroxylamine groups is 2. The van der Waals surface area contributed by atoms with Crippen LogP contribution in [0.1, 0.15) is 82.6 Å². The van der Waals surface area contributed by atoms with Crippen LogP contribution in [0.15, 0.2) is 36.4 Å². The van der Waals surface area contributed by atoms with Gasteiger partial charge in [0.15, 0.2) is 5.54 Å². The molecule has 2 amide bonds. The number of amides is 2. The minimum absolute atomic E-state index is 0.0928. The van der Waals surface area contributed by atoms with Crippen LogP contribution in [0.2, 0.25) is 0 Å². The highest BCUT2D eigenvalue weighted by Gasteiger charge is 2.37. The van der Waals surface area contributed by atoms with Gasteiger partial charge < -0.3 is 9.74 Å². The number of carbonyl (C=O) groups excluding carboxylic acids is 3. The van der Waals surface area contributed by atoms with Crippen molar-refractivity contribution in [2.45, 2.75) is 71.3 Å². The summed E-state index contributed by atoms with van der Waals surface area (Å²) < 4.78 is 2.36. The highest BCUT2D eigenvalue weighted by Crippen LogP contribution is 2.37. The first kappa shape index (κ1) is 26.9. The molecule has 1 saturated heterocycles. The Morgan fingerprint density at radius 2 is 1.72 bits per heavy atom. The summed E-state index contributed by atoms with van der Waals surface area (Å²) in [6.45, 7) is 11.8. The van der Waals surface area contributed by atoms with Crippen LogP contribution in [0, 0.1) is 0 Å². The minimum Gasteiger partial charge on any atom is -0.378 e. The largest absolute Gasteiger partial charge is 0.378 e. The van der Waals surface area contributed by atoms with Crippen LogP contribution in [0.5, 0.6) is 0 Å². The third-order valence-electron chi connectivity index (χ3n) is 8.32. The van der Waals surface area contributed by atoms with Gasteiger partial charge in [0.05, 0.1) is 6.42 Å². The number of hydrogen-bond donors (Lipinski definition) is 0. The van der Waals surface area contributed by atoms with E-state index in [1.54, 1.807) is 0 Å². The lowest BCUT2D eigenvalue weighted by molar-refractivity contribution is -0.197. The van der Waals surface area contributed by atoms with Gasteiger partial charge in [-0.05, 0) is 64.8 Å². The highest BCUT2D eigenvalue weighted by atomic mass is 16.7. The Labute approximate surface area is 230 Å². The molecule has 7 nitrogen and oxygen atoms in total. The van der Waals surface area contributed by atoms with E-state index in [1.807, 2.05) is 0 Å². The summed E-state index contributed by atoms with van der Waals surface area (Å²) in [4.78, 5) is 43.3. The Kier molecular flexibility index (Phi) is 6.52. The van der Waals surface area contributed by atoms with Crippen molar-refractivity contribution in [3.05, 3.63) is 69.2 Å². The summed E-state index contributed by atoms with van der Waals surface area (Å²) in [5, 5.41) is 3.02. The smallest absolute Gasteiger partial charge is 0.333 e. The van der Waals surface area contributed by atoms with Gasteiger partial charge in [-0.15, -0.1) is 5.06 Å². The van der Waals surface area contributed by atoms with Crippen LogP contribution in [0.3, 0.4) is 0 Å². The molecule has 1 fully saturated rings. The van der Waals surface area contributed by atoms with Crippen molar-refractivity contribution in [3.8, 4) is 0 Å². The molecule has 204 valence electrons. The van der Waals surface area contributed by atoms with Gasteiger partial charge in [0, 0.05) is 69.9 Å². The van der Waals surface area contributed by atoms with E-state index < -0.39 is 17.8 Å². The molecule has 1 aliphatic carbocycles. The van der Waals surface area contributed by atoms with E-state index in [0.29, 0.717) is 18.0 Å². The number of hydrogen-bond acceptors (Lipinski definition) is 5. The summed E-state index contributed by atoms with van der Waals surface area (Å²) >= 11 is 0. The molecule has 2 aliphatic heterocycles. The lowest BCUT2D eigenvalue weighted by Gasteiger charge is -2.33. The summed E-state index contributed by atoms with van der Waals surface area (Å²) in [6, 6.07) is 11.3. The quantitative estimate of drug-likeness (QED) is 0.425. The Bertz CT molecular complexity index is 1550. The number of imide groups is 1. The fraction of sp³-hybridized carbons (Fsp3) is 0.438. The molecule has 0 N–H and O–H groups in total. The predicted octanol–water partition coefficient (Wildman–Crippen LogP) is 3.29. The number of rotatable bonds is 6. The molecule has 2 aromatic carbocycles. The van der Waals surface area contributed by atoms with E-state index in [1.165, 1.54) is 38.7 Å². The molecule has 2 heterocycles. The van der Waals surface area contributed by atoms with Crippen LogP contribution in [0.25, 0.3) is 11.6 Å². The van der Waals surface area contributed by atoms with E-state index in [-0.39, 0.29) is 30.2 Å². The van der Waals surface area contributed by atoms with Crippen molar-refractivity contribution in [1.29, 1.82) is 0 Å². The summed E-state index contributed by atoms with van der Waals surface area (Å²) in [7, 11) is 4.13. The number of fused-ring (bicyclic) bond motifs is 3. The van der Waals surface area contributed by atoms with Crippen LogP contribution >= 0.6 is 0 Å². The minimum atomic E-state index is -0.560.